The van der Waals surface area contributed by atoms with Gasteiger partial charge in [0.1, 0.15) is 0 Å². The SMILES string of the molecule is CCOC(=O)CNC/C=C(/C)C(=O)O. The summed E-state index contributed by atoms with van der Waals surface area (Å²) >= 11 is 0. The molecule has 14 heavy (non-hydrogen) atoms. The van der Waals surface area contributed by atoms with Crippen molar-refractivity contribution in [3.63, 3.8) is 0 Å². The molecule has 0 saturated carbocycles. The average Bonchev–Trinajstić information content (AvgIpc) is 2.12. The number of hydrogen-bond donors (Lipinski definition) is 2. The molecule has 0 radical (unpaired) electrons. The lowest BCUT2D eigenvalue weighted by molar-refractivity contribution is -0.142. The summed E-state index contributed by atoms with van der Waals surface area (Å²) in [6, 6.07) is 0. The first-order chi connectivity index (χ1) is 6.57. The van der Waals surface area contributed by atoms with E-state index < -0.39 is 5.97 Å². The Morgan fingerprint density at radius 3 is 2.64 bits per heavy atom. The van der Waals surface area contributed by atoms with Crippen LogP contribution in [0.15, 0.2) is 11.6 Å². The van der Waals surface area contributed by atoms with Crippen molar-refractivity contribution in [2.24, 2.45) is 0 Å². The van der Waals surface area contributed by atoms with Crippen LogP contribution in [0.25, 0.3) is 0 Å². The highest BCUT2D eigenvalue weighted by Gasteiger charge is 2.00. The van der Waals surface area contributed by atoms with Gasteiger partial charge in [0.05, 0.1) is 13.2 Å². The summed E-state index contributed by atoms with van der Waals surface area (Å²) in [7, 11) is 0. The quantitative estimate of drug-likeness (QED) is 0.364. The monoisotopic (exact) mass is 201 g/mol. The van der Waals surface area contributed by atoms with E-state index >= 15 is 0 Å². The number of carboxylic acids is 1. The molecule has 0 aromatic carbocycles. The third kappa shape index (κ3) is 6.19. The van der Waals surface area contributed by atoms with Gasteiger partial charge >= 0.3 is 11.9 Å². The van der Waals surface area contributed by atoms with Gasteiger partial charge in [0, 0.05) is 12.1 Å². The maximum atomic E-state index is 10.8. The minimum absolute atomic E-state index is 0.0945. The molecule has 0 aliphatic carbocycles. The molecule has 0 aliphatic rings. The lowest BCUT2D eigenvalue weighted by atomic mass is 10.3. The minimum atomic E-state index is -0.956. The maximum absolute atomic E-state index is 10.8. The van der Waals surface area contributed by atoms with Crippen molar-refractivity contribution in [1.82, 2.24) is 5.32 Å². The fourth-order valence-corrected chi connectivity index (χ4v) is 0.699. The van der Waals surface area contributed by atoms with Gasteiger partial charge in [-0.15, -0.1) is 0 Å². The van der Waals surface area contributed by atoms with E-state index in [2.05, 4.69) is 10.1 Å². The van der Waals surface area contributed by atoms with Crippen LogP contribution in [0.4, 0.5) is 0 Å². The Bertz CT molecular complexity index is 235. The number of aliphatic carboxylic acids is 1. The molecule has 80 valence electrons. The van der Waals surface area contributed by atoms with Crippen LogP contribution in [0.2, 0.25) is 0 Å². The normalized spacial score (nSPS) is 11.1. The van der Waals surface area contributed by atoms with Gasteiger partial charge in [-0.1, -0.05) is 6.08 Å². The summed E-state index contributed by atoms with van der Waals surface area (Å²) in [5.74, 6) is -1.29. The third-order valence-electron chi connectivity index (χ3n) is 1.46. The summed E-state index contributed by atoms with van der Waals surface area (Å²) in [6.07, 6.45) is 1.50. The van der Waals surface area contributed by atoms with Crippen LogP contribution in [0.5, 0.6) is 0 Å². The number of hydrogen-bond acceptors (Lipinski definition) is 4. The summed E-state index contributed by atoms with van der Waals surface area (Å²) in [4.78, 5) is 21.1. The number of esters is 1. The number of nitrogens with one attached hydrogen (secondary N) is 1. The van der Waals surface area contributed by atoms with Gasteiger partial charge in [-0.05, 0) is 13.8 Å². The van der Waals surface area contributed by atoms with E-state index in [1.165, 1.54) is 13.0 Å². The Labute approximate surface area is 82.7 Å². The molecule has 5 heteroatoms. The second-order valence-electron chi connectivity index (χ2n) is 2.63. The van der Waals surface area contributed by atoms with Crippen molar-refractivity contribution in [2.45, 2.75) is 13.8 Å². The predicted molar refractivity (Wildman–Crippen MR) is 50.9 cm³/mol. The van der Waals surface area contributed by atoms with Crippen molar-refractivity contribution < 1.29 is 19.4 Å². The van der Waals surface area contributed by atoms with Crippen LogP contribution >= 0.6 is 0 Å². The van der Waals surface area contributed by atoms with E-state index in [9.17, 15) is 9.59 Å². The Kier molecular flexibility index (Phi) is 6.39. The largest absolute Gasteiger partial charge is 0.478 e. The minimum Gasteiger partial charge on any atom is -0.478 e. The van der Waals surface area contributed by atoms with Gasteiger partial charge in [-0.25, -0.2) is 4.79 Å². The van der Waals surface area contributed by atoms with E-state index in [1.54, 1.807) is 6.92 Å². The van der Waals surface area contributed by atoms with Crippen LogP contribution in [-0.2, 0) is 14.3 Å². The molecular formula is C9H15NO4. The fraction of sp³-hybridized carbons (Fsp3) is 0.556. The first-order valence-corrected chi connectivity index (χ1v) is 4.34. The summed E-state index contributed by atoms with van der Waals surface area (Å²) in [6.45, 7) is 4.01. The van der Waals surface area contributed by atoms with E-state index in [4.69, 9.17) is 5.11 Å². The van der Waals surface area contributed by atoms with Crippen LogP contribution in [0.1, 0.15) is 13.8 Å². The first kappa shape index (κ1) is 12.6. The van der Waals surface area contributed by atoms with Crippen molar-refractivity contribution in [3.8, 4) is 0 Å². The standard InChI is InChI=1S/C9H15NO4/c1-3-14-8(11)6-10-5-4-7(2)9(12)13/h4,10H,3,5-6H2,1-2H3,(H,12,13)/b7-4-. The molecule has 0 amide bonds. The van der Waals surface area contributed by atoms with Crippen molar-refractivity contribution in [3.05, 3.63) is 11.6 Å². The second kappa shape index (κ2) is 7.08. The number of carboxylic acid groups (broad SMARTS) is 1. The molecule has 0 aliphatic heterocycles. The molecule has 0 saturated heterocycles. The van der Waals surface area contributed by atoms with Gasteiger partial charge < -0.3 is 15.2 Å². The Balaban J connectivity index is 3.60. The molecule has 0 unspecified atom stereocenters. The molecule has 0 spiro atoms. The van der Waals surface area contributed by atoms with Gasteiger partial charge in [0.2, 0.25) is 0 Å². The molecule has 5 nitrogen and oxygen atoms in total. The molecule has 0 rings (SSSR count). The highest BCUT2D eigenvalue weighted by atomic mass is 16.5. The summed E-state index contributed by atoms with van der Waals surface area (Å²) < 4.78 is 4.66. The number of carbonyl (C=O) groups is 2. The topological polar surface area (TPSA) is 75.6 Å². The van der Waals surface area contributed by atoms with E-state index in [-0.39, 0.29) is 18.1 Å². The Hall–Kier alpha value is -1.36. The molecule has 0 aromatic heterocycles. The van der Waals surface area contributed by atoms with E-state index in [1.807, 2.05) is 0 Å². The molecule has 0 fully saturated rings. The van der Waals surface area contributed by atoms with E-state index in [0.29, 0.717) is 13.2 Å². The highest BCUT2D eigenvalue weighted by molar-refractivity contribution is 5.85. The Morgan fingerprint density at radius 2 is 2.14 bits per heavy atom. The lowest BCUT2D eigenvalue weighted by Gasteiger charge is -2.01. The molecule has 0 atom stereocenters. The predicted octanol–water partition coefficient (Wildman–Crippen LogP) is 0.170. The number of ether oxygens (including phenoxy) is 1. The summed E-state index contributed by atoms with van der Waals surface area (Å²) in [5, 5.41) is 11.2. The number of rotatable bonds is 6. The van der Waals surface area contributed by atoms with Gasteiger partial charge in [0.15, 0.2) is 0 Å². The summed E-state index contributed by atoms with van der Waals surface area (Å²) in [5.41, 5.74) is 0.251. The first-order valence-electron chi connectivity index (χ1n) is 4.34. The average molecular weight is 201 g/mol. The zero-order valence-electron chi connectivity index (χ0n) is 8.37. The lowest BCUT2D eigenvalue weighted by Crippen LogP contribution is -2.25. The van der Waals surface area contributed by atoms with E-state index in [0.717, 1.165) is 0 Å². The smallest absolute Gasteiger partial charge is 0.330 e. The molecule has 0 aromatic rings. The highest BCUT2D eigenvalue weighted by Crippen LogP contribution is 1.89. The second-order valence-corrected chi connectivity index (χ2v) is 2.63. The van der Waals surface area contributed by atoms with Crippen LogP contribution in [-0.4, -0.2) is 36.7 Å². The molecule has 2 N–H and O–H groups in total. The van der Waals surface area contributed by atoms with Crippen molar-refractivity contribution in [2.75, 3.05) is 19.7 Å². The molecule has 0 bridgehead atoms. The molecular weight excluding hydrogens is 186 g/mol. The van der Waals surface area contributed by atoms with Gasteiger partial charge in [-0.3, -0.25) is 4.79 Å². The number of carbonyl (C=O) groups excluding carboxylic acids is 1. The zero-order valence-corrected chi connectivity index (χ0v) is 8.37. The van der Waals surface area contributed by atoms with Crippen molar-refractivity contribution >= 4 is 11.9 Å². The zero-order chi connectivity index (χ0) is 11.0. The van der Waals surface area contributed by atoms with Crippen molar-refractivity contribution in [1.29, 1.82) is 0 Å². The van der Waals surface area contributed by atoms with Crippen LogP contribution < -0.4 is 5.32 Å². The van der Waals surface area contributed by atoms with Gasteiger partial charge in [-0.2, -0.15) is 0 Å². The fourth-order valence-electron chi connectivity index (χ4n) is 0.699. The van der Waals surface area contributed by atoms with Crippen LogP contribution in [0.3, 0.4) is 0 Å². The molecule has 0 heterocycles. The maximum Gasteiger partial charge on any atom is 0.330 e. The van der Waals surface area contributed by atoms with Gasteiger partial charge in [0.25, 0.3) is 0 Å². The van der Waals surface area contributed by atoms with Crippen LogP contribution in [0, 0.1) is 0 Å². The third-order valence-corrected chi connectivity index (χ3v) is 1.46. The Morgan fingerprint density at radius 1 is 1.50 bits per heavy atom.